The van der Waals surface area contributed by atoms with Crippen molar-refractivity contribution in [2.75, 3.05) is 26.7 Å². The number of aliphatic hydroxyl groups excluding tert-OH is 1. The fraction of sp³-hybridized carbons (Fsp3) is 0.467. The van der Waals surface area contributed by atoms with Gasteiger partial charge in [-0.2, -0.15) is 4.99 Å². The Morgan fingerprint density at radius 2 is 2.41 bits per heavy atom. The van der Waals surface area contributed by atoms with Gasteiger partial charge in [-0.1, -0.05) is 0 Å². The first-order valence-electron chi connectivity index (χ1n) is 7.30. The number of nitrogens with one attached hydrogen (secondary N) is 1. The predicted molar refractivity (Wildman–Crippen MR) is 80.3 cm³/mol. The van der Waals surface area contributed by atoms with E-state index in [-0.39, 0.29) is 0 Å². The van der Waals surface area contributed by atoms with Crippen LogP contribution in [0.5, 0.6) is 0 Å². The Bertz CT molecular complexity index is 599. The minimum atomic E-state index is -0.906. The van der Waals surface area contributed by atoms with Crippen molar-refractivity contribution in [2.45, 2.75) is 12.6 Å². The van der Waals surface area contributed by atoms with Crippen molar-refractivity contribution in [1.29, 1.82) is 0 Å². The number of hydrogen-bond donors (Lipinski definition) is 2. The molecule has 118 valence electrons. The summed E-state index contributed by atoms with van der Waals surface area (Å²) in [7, 11) is 1.69. The van der Waals surface area contributed by atoms with Gasteiger partial charge in [-0.3, -0.25) is 4.98 Å². The molecule has 0 aromatic carbocycles. The molecule has 1 aromatic heterocycles. The van der Waals surface area contributed by atoms with Crippen LogP contribution in [0.25, 0.3) is 5.70 Å². The monoisotopic (exact) mass is 306 g/mol. The summed E-state index contributed by atoms with van der Waals surface area (Å²) in [6.45, 7) is 2.43. The highest BCUT2D eigenvalue weighted by Crippen LogP contribution is 2.24. The SMILES string of the molecule is CN1C(OCC2CCNC2)=NC(c2ccncc2F)=CC1O. The van der Waals surface area contributed by atoms with Crippen molar-refractivity contribution in [2.24, 2.45) is 10.9 Å². The lowest BCUT2D eigenvalue weighted by Gasteiger charge is -2.29. The lowest BCUT2D eigenvalue weighted by atomic mass is 10.1. The molecule has 2 aliphatic rings. The maximum Gasteiger partial charge on any atom is 0.294 e. The second kappa shape index (κ2) is 6.41. The van der Waals surface area contributed by atoms with Crippen LogP contribution in [0.2, 0.25) is 0 Å². The first-order chi connectivity index (χ1) is 10.6. The maximum atomic E-state index is 13.8. The third-order valence-corrected chi connectivity index (χ3v) is 3.88. The van der Waals surface area contributed by atoms with E-state index < -0.39 is 12.0 Å². The zero-order valence-electron chi connectivity index (χ0n) is 12.4. The molecule has 0 bridgehead atoms. The second-order valence-electron chi connectivity index (χ2n) is 5.50. The van der Waals surface area contributed by atoms with E-state index in [1.807, 2.05) is 0 Å². The van der Waals surface area contributed by atoms with Gasteiger partial charge in [-0.05, 0) is 25.1 Å². The van der Waals surface area contributed by atoms with Crippen molar-refractivity contribution in [3.63, 3.8) is 0 Å². The van der Waals surface area contributed by atoms with Crippen LogP contribution in [0.1, 0.15) is 12.0 Å². The highest BCUT2D eigenvalue weighted by Gasteiger charge is 2.25. The van der Waals surface area contributed by atoms with E-state index in [4.69, 9.17) is 4.74 Å². The van der Waals surface area contributed by atoms with E-state index in [0.717, 1.165) is 25.7 Å². The molecule has 7 heteroatoms. The predicted octanol–water partition coefficient (Wildman–Crippen LogP) is 0.807. The Kier molecular flexibility index (Phi) is 4.35. The molecule has 3 heterocycles. The number of halogens is 1. The molecule has 1 fully saturated rings. The van der Waals surface area contributed by atoms with Gasteiger partial charge in [0, 0.05) is 31.3 Å². The van der Waals surface area contributed by atoms with Gasteiger partial charge in [0.25, 0.3) is 6.02 Å². The number of aromatic nitrogens is 1. The minimum Gasteiger partial charge on any atom is -0.464 e. The first kappa shape index (κ1) is 14.9. The summed E-state index contributed by atoms with van der Waals surface area (Å²) in [4.78, 5) is 9.58. The van der Waals surface area contributed by atoms with Gasteiger partial charge in [-0.15, -0.1) is 0 Å². The number of aliphatic imine (C=N–C) groups is 1. The zero-order chi connectivity index (χ0) is 15.5. The van der Waals surface area contributed by atoms with Crippen LogP contribution >= 0.6 is 0 Å². The molecular weight excluding hydrogens is 287 g/mol. The first-order valence-corrected chi connectivity index (χ1v) is 7.30. The number of aliphatic hydroxyl groups is 1. The van der Waals surface area contributed by atoms with E-state index in [9.17, 15) is 9.50 Å². The molecule has 2 N–H and O–H groups in total. The van der Waals surface area contributed by atoms with Crippen LogP contribution in [0.15, 0.2) is 29.5 Å². The topological polar surface area (TPSA) is 70.0 Å². The Hall–Kier alpha value is -1.99. The summed E-state index contributed by atoms with van der Waals surface area (Å²) in [6.07, 6.45) is 4.26. The Morgan fingerprint density at radius 3 is 3.14 bits per heavy atom. The Labute approximate surface area is 128 Å². The summed E-state index contributed by atoms with van der Waals surface area (Å²) in [6, 6.07) is 1.83. The lowest BCUT2D eigenvalue weighted by molar-refractivity contribution is 0.0816. The van der Waals surface area contributed by atoms with Crippen molar-refractivity contribution in [1.82, 2.24) is 15.2 Å². The Morgan fingerprint density at radius 1 is 1.55 bits per heavy atom. The molecular formula is C15H19FN4O2. The summed E-state index contributed by atoms with van der Waals surface area (Å²) in [5.74, 6) is -0.0474. The van der Waals surface area contributed by atoms with Crippen LogP contribution < -0.4 is 5.32 Å². The third kappa shape index (κ3) is 3.10. The Balaban J connectivity index is 1.78. The standard InChI is InChI=1S/C15H19FN4O2/c1-20-14(21)6-13(11-3-5-18-8-12(11)16)19-15(20)22-9-10-2-4-17-7-10/h3,5-6,8,10,14,17,21H,2,4,7,9H2,1H3. The summed E-state index contributed by atoms with van der Waals surface area (Å²) in [5.41, 5.74) is 0.649. The lowest BCUT2D eigenvalue weighted by Crippen LogP contribution is -2.40. The minimum absolute atomic E-state index is 0.297. The number of ether oxygens (including phenoxy) is 1. The number of nitrogens with zero attached hydrogens (tertiary/aromatic N) is 3. The summed E-state index contributed by atoms with van der Waals surface area (Å²) in [5, 5.41) is 13.4. The van der Waals surface area contributed by atoms with Crippen LogP contribution in [0.3, 0.4) is 0 Å². The fourth-order valence-corrected chi connectivity index (χ4v) is 2.50. The smallest absolute Gasteiger partial charge is 0.294 e. The van der Waals surface area contributed by atoms with Gasteiger partial charge in [-0.25, -0.2) is 4.39 Å². The second-order valence-corrected chi connectivity index (χ2v) is 5.50. The molecule has 0 amide bonds. The summed E-state index contributed by atoms with van der Waals surface area (Å²) < 4.78 is 19.6. The van der Waals surface area contributed by atoms with Gasteiger partial charge >= 0.3 is 0 Å². The van der Waals surface area contributed by atoms with Gasteiger partial charge in [0.1, 0.15) is 0 Å². The molecule has 3 rings (SSSR count). The molecule has 1 aromatic rings. The largest absolute Gasteiger partial charge is 0.464 e. The molecule has 0 aliphatic carbocycles. The molecule has 22 heavy (non-hydrogen) atoms. The quantitative estimate of drug-likeness (QED) is 0.865. The van der Waals surface area contributed by atoms with E-state index in [0.29, 0.717) is 29.8 Å². The number of hydrogen-bond acceptors (Lipinski definition) is 6. The van der Waals surface area contributed by atoms with Crippen molar-refractivity contribution < 1.29 is 14.2 Å². The maximum absolute atomic E-state index is 13.8. The average molecular weight is 306 g/mol. The van der Waals surface area contributed by atoms with E-state index in [1.165, 1.54) is 23.2 Å². The van der Waals surface area contributed by atoms with Crippen LogP contribution in [-0.4, -0.2) is 54.0 Å². The number of rotatable bonds is 3. The molecule has 0 saturated carbocycles. The molecule has 0 spiro atoms. The molecule has 2 atom stereocenters. The van der Waals surface area contributed by atoms with Crippen LogP contribution in [-0.2, 0) is 4.74 Å². The van der Waals surface area contributed by atoms with Crippen LogP contribution in [0.4, 0.5) is 4.39 Å². The van der Waals surface area contributed by atoms with Crippen molar-refractivity contribution in [3.05, 3.63) is 35.9 Å². The zero-order valence-corrected chi connectivity index (χ0v) is 12.4. The number of pyridine rings is 1. The summed E-state index contributed by atoms with van der Waals surface area (Å²) >= 11 is 0. The third-order valence-electron chi connectivity index (χ3n) is 3.88. The number of likely N-dealkylation sites (N-methyl/N-ethyl adjacent to an activating group) is 1. The van der Waals surface area contributed by atoms with Crippen molar-refractivity contribution >= 4 is 11.7 Å². The molecule has 2 aliphatic heterocycles. The van der Waals surface area contributed by atoms with E-state index in [2.05, 4.69) is 15.3 Å². The molecule has 1 saturated heterocycles. The van der Waals surface area contributed by atoms with Gasteiger partial charge in [0.15, 0.2) is 12.0 Å². The number of amidine groups is 1. The van der Waals surface area contributed by atoms with E-state index >= 15 is 0 Å². The molecule has 0 radical (unpaired) electrons. The molecule has 6 nitrogen and oxygen atoms in total. The fourth-order valence-electron chi connectivity index (χ4n) is 2.50. The van der Waals surface area contributed by atoms with Crippen LogP contribution in [0, 0.1) is 11.7 Å². The average Bonchev–Trinajstić information content (AvgIpc) is 3.02. The molecule has 2 unspecified atom stereocenters. The normalized spacial score (nSPS) is 25.0. The van der Waals surface area contributed by atoms with Crippen molar-refractivity contribution in [3.8, 4) is 0 Å². The highest BCUT2D eigenvalue weighted by atomic mass is 19.1. The van der Waals surface area contributed by atoms with Gasteiger partial charge < -0.3 is 20.1 Å². The highest BCUT2D eigenvalue weighted by molar-refractivity contribution is 5.84. The van der Waals surface area contributed by atoms with Gasteiger partial charge in [0.05, 0.1) is 18.5 Å². The van der Waals surface area contributed by atoms with E-state index in [1.54, 1.807) is 7.05 Å². The van der Waals surface area contributed by atoms with Gasteiger partial charge in [0.2, 0.25) is 0 Å².